The summed E-state index contributed by atoms with van der Waals surface area (Å²) >= 11 is 0. The van der Waals surface area contributed by atoms with Gasteiger partial charge in [-0.05, 0) is 26.2 Å². The van der Waals surface area contributed by atoms with Crippen molar-refractivity contribution in [1.29, 1.82) is 0 Å². The zero-order chi connectivity index (χ0) is 12.8. The molecule has 1 saturated heterocycles. The molecule has 6 nitrogen and oxygen atoms in total. The standard InChI is InChI=1S/C11H20N2O4/c1-8(7-17-2)12-11(16)13-6-4-3-5-9(13)10(14)15/h8-9H,3-7H2,1-2H3,(H,12,16)(H,14,15). The van der Waals surface area contributed by atoms with Gasteiger partial charge >= 0.3 is 12.0 Å². The molecule has 0 aromatic heterocycles. The van der Waals surface area contributed by atoms with E-state index in [0.29, 0.717) is 19.6 Å². The Morgan fingerprint density at radius 3 is 2.82 bits per heavy atom. The van der Waals surface area contributed by atoms with Crippen LogP contribution in [-0.2, 0) is 9.53 Å². The SMILES string of the molecule is COCC(C)NC(=O)N1CCCCC1C(=O)O. The van der Waals surface area contributed by atoms with Gasteiger partial charge in [0.25, 0.3) is 0 Å². The van der Waals surface area contributed by atoms with E-state index in [0.717, 1.165) is 12.8 Å². The number of rotatable bonds is 4. The van der Waals surface area contributed by atoms with E-state index < -0.39 is 12.0 Å². The highest BCUT2D eigenvalue weighted by atomic mass is 16.5. The lowest BCUT2D eigenvalue weighted by molar-refractivity contribution is -0.143. The molecule has 2 unspecified atom stereocenters. The van der Waals surface area contributed by atoms with Crippen molar-refractivity contribution in [3.8, 4) is 0 Å². The second-order valence-corrected chi connectivity index (χ2v) is 4.35. The monoisotopic (exact) mass is 244 g/mol. The van der Waals surface area contributed by atoms with Gasteiger partial charge in [-0.3, -0.25) is 0 Å². The summed E-state index contributed by atoms with van der Waals surface area (Å²) in [6, 6.07) is -1.14. The van der Waals surface area contributed by atoms with Gasteiger partial charge in [0.05, 0.1) is 12.6 Å². The van der Waals surface area contributed by atoms with Gasteiger partial charge in [-0.15, -0.1) is 0 Å². The molecule has 0 aliphatic carbocycles. The summed E-state index contributed by atoms with van der Waals surface area (Å²) in [5.74, 6) is -0.931. The highest BCUT2D eigenvalue weighted by molar-refractivity contribution is 5.83. The maximum absolute atomic E-state index is 11.9. The number of ether oxygens (including phenoxy) is 1. The molecule has 0 spiro atoms. The molecule has 0 radical (unpaired) electrons. The molecule has 0 bridgehead atoms. The fraction of sp³-hybridized carbons (Fsp3) is 0.818. The van der Waals surface area contributed by atoms with Gasteiger partial charge in [-0.1, -0.05) is 0 Å². The minimum Gasteiger partial charge on any atom is -0.480 e. The fourth-order valence-corrected chi connectivity index (χ4v) is 2.02. The number of aliphatic carboxylic acids is 1. The van der Waals surface area contributed by atoms with E-state index in [1.807, 2.05) is 6.92 Å². The van der Waals surface area contributed by atoms with Crippen molar-refractivity contribution < 1.29 is 19.4 Å². The van der Waals surface area contributed by atoms with Crippen molar-refractivity contribution in [2.75, 3.05) is 20.3 Å². The summed E-state index contributed by atoms with van der Waals surface area (Å²) in [5, 5.41) is 11.8. The molecule has 1 rings (SSSR count). The van der Waals surface area contributed by atoms with E-state index >= 15 is 0 Å². The van der Waals surface area contributed by atoms with E-state index in [1.54, 1.807) is 7.11 Å². The molecule has 2 N–H and O–H groups in total. The number of hydrogen-bond acceptors (Lipinski definition) is 3. The molecule has 2 amide bonds. The third-order valence-electron chi connectivity index (χ3n) is 2.84. The summed E-state index contributed by atoms with van der Waals surface area (Å²) in [4.78, 5) is 24.3. The maximum Gasteiger partial charge on any atom is 0.326 e. The van der Waals surface area contributed by atoms with Gasteiger partial charge in [0.1, 0.15) is 6.04 Å². The van der Waals surface area contributed by atoms with Gasteiger partial charge < -0.3 is 20.1 Å². The van der Waals surface area contributed by atoms with Crippen LogP contribution >= 0.6 is 0 Å². The lowest BCUT2D eigenvalue weighted by Gasteiger charge is -2.33. The number of nitrogens with zero attached hydrogens (tertiary/aromatic N) is 1. The quantitative estimate of drug-likeness (QED) is 0.762. The number of methoxy groups -OCH3 is 1. The molecule has 98 valence electrons. The van der Waals surface area contributed by atoms with E-state index in [-0.39, 0.29) is 12.1 Å². The van der Waals surface area contributed by atoms with Gasteiger partial charge in [-0.25, -0.2) is 9.59 Å². The minimum absolute atomic E-state index is 0.121. The van der Waals surface area contributed by atoms with Crippen LogP contribution in [0.5, 0.6) is 0 Å². The molecule has 6 heteroatoms. The number of carboxylic acid groups (broad SMARTS) is 1. The number of carbonyl (C=O) groups is 2. The first-order valence-corrected chi connectivity index (χ1v) is 5.85. The largest absolute Gasteiger partial charge is 0.480 e. The van der Waals surface area contributed by atoms with Crippen molar-refractivity contribution in [3.63, 3.8) is 0 Å². The van der Waals surface area contributed by atoms with Crippen LogP contribution in [0.3, 0.4) is 0 Å². The smallest absolute Gasteiger partial charge is 0.326 e. The molecule has 0 saturated carbocycles. The van der Waals surface area contributed by atoms with Gasteiger partial charge in [0, 0.05) is 13.7 Å². The normalized spacial score (nSPS) is 22.0. The van der Waals surface area contributed by atoms with Crippen LogP contribution in [-0.4, -0.2) is 54.4 Å². The van der Waals surface area contributed by atoms with Gasteiger partial charge in [0.15, 0.2) is 0 Å². The molecular formula is C11H20N2O4. The number of amides is 2. The number of likely N-dealkylation sites (tertiary alicyclic amines) is 1. The molecule has 1 aliphatic heterocycles. The van der Waals surface area contributed by atoms with Crippen LogP contribution in [0, 0.1) is 0 Å². The Balaban J connectivity index is 2.56. The summed E-state index contributed by atoms with van der Waals surface area (Å²) in [7, 11) is 1.56. The molecule has 0 aromatic rings. The van der Waals surface area contributed by atoms with Crippen LogP contribution in [0.2, 0.25) is 0 Å². The fourth-order valence-electron chi connectivity index (χ4n) is 2.02. The summed E-state index contributed by atoms with van der Waals surface area (Å²) < 4.78 is 4.92. The lowest BCUT2D eigenvalue weighted by Crippen LogP contribution is -2.54. The molecule has 1 heterocycles. The van der Waals surface area contributed by atoms with Crippen molar-refractivity contribution in [2.24, 2.45) is 0 Å². The summed E-state index contributed by atoms with van der Waals surface area (Å²) in [6.45, 7) is 2.74. The second-order valence-electron chi connectivity index (χ2n) is 4.35. The number of carbonyl (C=O) groups excluding carboxylic acids is 1. The lowest BCUT2D eigenvalue weighted by atomic mass is 10.0. The predicted octanol–water partition coefficient (Wildman–Crippen LogP) is 0.670. The Morgan fingerprint density at radius 2 is 2.24 bits per heavy atom. The zero-order valence-electron chi connectivity index (χ0n) is 10.3. The summed E-state index contributed by atoms with van der Waals surface area (Å²) in [5.41, 5.74) is 0. The first kappa shape index (κ1) is 13.8. The van der Waals surface area contributed by atoms with Crippen LogP contribution in [0.15, 0.2) is 0 Å². The highest BCUT2D eigenvalue weighted by Gasteiger charge is 2.32. The molecule has 1 fully saturated rings. The third kappa shape index (κ3) is 3.89. The topological polar surface area (TPSA) is 78.9 Å². The van der Waals surface area contributed by atoms with Crippen molar-refractivity contribution in [2.45, 2.75) is 38.3 Å². The number of urea groups is 1. The van der Waals surface area contributed by atoms with Crippen molar-refractivity contribution in [3.05, 3.63) is 0 Å². The second kappa shape index (κ2) is 6.44. The molecule has 2 atom stereocenters. The Hall–Kier alpha value is -1.30. The Bertz CT molecular complexity index is 283. The Labute approximate surface area is 101 Å². The Kier molecular flexibility index (Phi) is 5.21. The Morgan fingerprint density at radius 1 is 1.53 bits per heavy atom. The van der Waals surface area contributed by atoms with Gasteiger partial charge in [0.2, 0.25) is 0 Å². The van der Waals surface area contributed by atoms with E-state index in [1.165, 1.54) is 4.90 Å². The highest BCUT2D eigenvalue weighted by Crippen LogP contribution is 2.17. The van der Waals surface area contributed by atoms with Crippen LogP contribution in [0.4, 0.5) is 4.79 Å². The summed E-state index contributed by atoms with van der Waals surface area (Å²) in [6.07, 6.45) is 2.24. The number of piperidine rings is 1. The minimum atomic E-state index is -0.931. The first-order valence-electron chi connectivity index (χ1n) is 5.85. The number of nitrogens with one attached hydrogen (secondary N) is 1. The predicted molar refractivity (Wildman–Crippen MR) is 61.9 cm³/mol. The molecule has 0 aromatic carbocycles. The first-order chi connectivity index (χ1) is 8.06. The molecule has 17 heavy (non-hydrogen) atoms. The molecular weight excluding hydrogens is 224 g/mol. The number of carboxylic acids is 1. The zero-order valence-corrected chi connectivity index (χ0v) is 10.3. The van der Waals surface area contributed by atoms with E-state index in [4.69, 9.17) is 9.84 Å². The average molecular weight is 244 g/mol. The molecule has 1 aliphatic rings. The van der Waals surface area contributed by atoms with Crippen molar-refractivity contribution in [1.82, 2.24) is 10.2 Å². The van der Waals surface area contributed by atoms with Crippen LogP contribution in [0.1, 0.15) is 26.2 Å². The van der Waals surface area contributed by atoms with E-state index in [9.17, 15) is 9.59 Å². The van der Waals surface area contributed by atoms with Crippen LogP contribution < -0.4 is 5.32 Å². The van der Waals surface area contributed by atoms with Crippen molar-refractivity contribution >= 4 is 12.0 Å². The van der Waals surface area contributed by atoms with Crippen LogP contribution in [0.25, 0.3) is 0 Å². The number of hydrogen-bond donors (Lipinski definition) is 2. The third-order valence-corrected chi connectivity index (χ3v) is 2.84. The van der Waals surface area contributed by atoms with Gasteiger partial charge in [-0.2, -0.15) is 0 Å². The average Bonchev–Trinajstić information content (AvgIpc) is 2.29. The van der Waals surface area contributed by atoms with E-state index in [2.05, 4.69) is 5.32 Å². The maximum atomic E-state index is 11.9.